The molecule has 8 nitrogen and oxygen atoms in total. The number of nitrogens with one attached hydrogen (secondary N) is 2. The van der Waals surface area contributed by atoms with Crippen molar-refractivity contribution in [3.63, 3.8) is 0 Å². The third-order valence-corrected chi connectivity index (χ3v) is 5.31. The summed E-state index contributed by atoms with van der Waals surface area (Å²) in [7, 11) is 1.54. The topological polar surface area (TPSA) is 104 Å². The molecule has 0 saturated carbocycles. The number of hydrogen-bond donors (Lipinski definition) is 2. The maximum atomic E-state index is 12.4. The van der Waals surface area contributed by atoms with Crippen LogP contribution in [0.4, 0.5) is 11.4 Å². The predicted molar refractivity (Wildman–Crippen MR) is 119 cm³/mol. The first-order chi connectivity index (χ1) is 15.0. The number of ether oxygens (including phenoxy) is 1. The van der Waals surface area contributed by atoms with E-state index >= 15 is 0 Å². The van der Waals surface area contributed by atoms with Crippen molar-refractivity contribution < 1.29 is 14.3 Å². The van der Waals surface area contributed by atoms with Crippen LogP contribution in [0.3, 0.4) is 0 Å². The number of carbonyl (C=O) groups is 2. The number of carbonyl (C=O) groups excluding carboxylic acids is 2. The Balaban J connectivity index is 1.36. The normalized spacial score (nSPS) is 13.6. The van der Waals surface area contributed by atoms with E-state index in [-0.39, 0.29) is 23.8 Å². The predicted octanol–water partition coefficient (Wildman–Crippen LogP) is 3.02. The zero-order valence-electron chi connectivity index (χ0n) is 17.3. The summed E-state index contributed by atoms with van der Waals surface area (Å²) in [6, 6.07) is 12.5. The van der Waals surface area contributed by atoms with Crippen molar-refractivity contribution in [1.29, 1.82) is 0 Å². The molecule has 2 amide bonds. The monoisotopic (exact) mass is 420 g/mol. The molecule has 160 valence electrons. The standard InChI is InChI=1S/C23H24N4O4/c1-31-19-14-15(11-12-18(19)27-13-5-10-22(27)29)24-21(28)9-4-8-20-25-17-7-3-2-6-16(17)23(30)26-20/h2-3,6-7,11-12,14H,4-5,8-10,13H2,1H3,(H,24,28)(H,25,26,30). The molecule has 4 rings (SSSR count). The highest BCUT2D eigenvalue weighted by molar-refractivity contribution is 5.98. The molecule has 2 heterocycles. The summed E-state index contributed by atoms with van der Waals surface area (Å²) in [6.07, 6.45) is 2.69. The van der Waals surface area contributed by atoms with Crippen LogP contribution in [-0.4, -0.2) is 35.4 Å². The minimum absolute atomic E-state index is 0.0791. The Kier molecular flexibility index (Phi) is 5.97. The van der Waals surface area contributed by atoms with Crippen molar-refractivity contribution >= 4 is 34.1 Å². The Bertz CT molecular complexity index is 1190. The molecule has 0 radical (unpaired) electrons. The summed E-state index contributed by atoms with van der Waals surface area (Å²) in [5, 5.41) is 3.41. The van der Waals surface area contributed by atoms with E-state index in [4.69, 9.17) is 4.74 Å². The van der Waals surface area contributed by atoms with Crippen LogP contribution in [0.1, 0.15) is 31.5 Å². The average molecular weight is 420 g/mol. The second-order valence-corrected chi connectivity index (χ2v) is 7.47. The number of hydrogen-bond acceptors (Lipinski definition) is 5. The number of anilines is 2. The summed E-state index contributed by atoms with van der Waals surface area (Å²) in [4.78, 5) is 45.4. The SMILES string of the molecule is COc1cc(NC(=O)CCCc2nc3ccccc3c(=O)[nH]2)ccc1N1CCCC1=O. The lowest BCUT2D eigenvalue weighted by Crippen LogP contribution is -2.24. The molecule has 2 aromatic carbocycles. The van der Waals surface area contributed by atoms with Crippen LogP contribution >= 0.6 is 0 Å². The number of nitrogens with zero attached hydrogens (tertiary/aromatic N) is 2. The summed E-state index contributed by atoms with van der Waals surface area (Å²) in [5.74, 6) is 1.05. The molecule has 0 bridgehead atoms. The third kappa shape index (κ3) is 4.58. The maximum Gasteiger partial charge on any atom is 0.258 e. The number of benzene rings is 2. The van der Waals surface area contributed by atoms with Crippen molar-refractivity contribution in [2.75, 3.05) is 23.9 Å². The summed E-state index contributed by atoms with van der Waals surface area (Å²) in [6.45, 7) is 0.672. The number of H-pyrrole nitrogens is 1. The molecule has 1 aliphatic rings. The average Bonchev–Trinajstić information content (AvgIpc) is 3.19. The van der Waals surface area contributed by atoms with Crippen LogP contribution in [-0.2, 0) is 16.0 Å². The van der Waals surface area contributed by atoms with Gasteiger partial charge < -0.3 is 19.9 Å². The molecule has 1 aliphatic heterocycles. The first-order valence-electron chi connectivity index (χ1n) is 10.3. The van der Waals surface area contributed by atoms with Gasteiger partial charge in [0.2, 0.25) is 11.8 Å². The second-order valence-electron chi connectivity index (χ2n) is 7.47. The number of fused-ring (bicyclic) bond motifs is 1. The summed E-state index contributed by atoms with van der Waals surface area (Å²) < 4.78 is 5.43. The lowest BCUT2D eigenvalue weighted by atomic mass is 10.2. The molecule has 0 spiro atoms. The molecule has 1 saturated heterocycles. The van der Waals surface area contributed by atoms with Crippen molar-refractivity contribution in [3.8, 4) is 5.75 Å². The van der Waals surface area contributed by atoms with Gasteiger partial charge in [0.1, 0.15) is 11.6 Å². The number of para-hydroxylation sites is 1. The van der Waals surface area contributed by atoms with Gasteiger partial charge >= 0.3 is 0 Å². The Labute approximate surface area is 179 Å². The lowest BCUT2D eigenvalue weighted by molar-refractivity contribution is -0.117. The number of aryl methyl sites for hydroxylation is 1. The molecule has 0 atom stereocenters. The van der Waals surface area contributed by atoms with Gasteiger partial charge in [-0.05, 0) is 37.1 Å². The van der Waals surface area contributed by atoms with Gasteiger partial charge in [0, 0.05) is 37.6 Å². The van der Waals surface area contributed by atoms with E-state index in [2.05, 4.69) is 15.3 Å². The van der Waals surface area contributed by atoms with Crippen molar-refractivity contribution in [2.45, 2.75) is 32.1 Å². The van der Waals surface area contributed by atoms with Crippen LogP contribution in [0.5, 0.6) is 5.75 Å². The van der Waals surface area contributed by atoms with Gasteiger partial charge in [0.05, 0.1) is 23.7 Å². The van der Waals surface area contributed by atoms with Gasteiger partial charge in [0.25, 0.3) is 5.56 Å². The van der Waals surface area contributed by atoms with Crippen molar-refractivity contribution in [2.24, 2.45) is 0 Å². The Morgan fingerprint density at radius 3 is 2.84 bits per heavy atom. The molecule has 2 N–H and O–H groups in total. The number of aromatic amines is 1. The highest BCUT2D eigenvalue weighted by Crippen LogP contribution is 2.33. The first-order valence-corrected chi connectivity index (χ1v) is 10.3. The Morgan fingerprint density at radius 2 is 2.06 bits per heavy atom. The van der Waals surface area contributed by atoms with Gasteiger partial charge in [-0.3, -0.25) is 14.4 Å². The number of rotatable bonds is 7. The minimum Gasteiger partial charge on any atom is -0.494 e. The fourth-order valence-corrected chi connectivity index (χ4v) is 3.77. The molecule has 31 heavy (non-hydrogen) atoms. The molecule has 3 aromatic rings. The van der Waals surface area contributed by atoms with Gasteiger partial charge in [-0.2, -0.15) is 0 Å². The first kappa shape index (κ1) is 20.6. The zero-order valence-corrected chi connectivity index (χ0v) is 17.3. The van der Waals surface area contributed by atoms with E-state index in [1.807, 2.05) is 6.07 Å². The van der Waals surface area contributed by atoms with Gasteiger partial charge in [0.15, 0.2) is 0 Å². The molecule has 0 aliphatic carbocycles. The van der Waals surface area contributed by atoms with E-state index in [0.717, 1.165) is 6.42 Å². The van der Waals surface area contributed by atoms with Crippen LogP contribution in [0.2, 0.25) is 0 Å². The number of aromatic nitrogens is 2. The van der Waals surface area contributed by atoms with E-state index in [1.165, 1.54) is 0 Å². The molecule has 0 unspecified atom stereocenters. The number of amides is 2. The quantitative estimate of drug-likeness (QED) is 0.611. The smallest absolute Gasteiger partial charge is 0.258 e. The van der Waals surface area contributed by atoms with Gasteiger partial charge in [-0.1, -0.05) is 12.1 Å². The molecular weight excluding hydrogens is 396 g/mol. The van der Waals surface area contributed by atoms with Crippen LogP contribution in [0, 0.1) is 0 Å². The molecule has 8 heteroatoms. The van der Waals surface area contributed by atoms with Crippen LogP contribution in [0.25, 0.3) is 10.9 Å². The zero-order chi connectivity index (χ0) is 21.8. The summed E-state index contributed by atoms with van der Waals surface area (Å²) in [5.41, 5.74) is 1.80. The van der Waals surface area contributed by atoms with Crippen LogP contribution < -0.4 is 20.5 Å². The van der Waals surface area contributed by atoms with Gasteiger partial charge in [-0.15, -0.1) is 0 Å². The maximum absolute atomic E-state index is 12.4. The fourth-order valence-electron chi connectivity index (χ4n) is 3.77. The molecule has 1 fully saturated rings. The lowest BCUT2D eigenvalue weighted by Gasteiger charge is -2.19. The second kappa shape index (κ2) is 8.99. The van der Waals surface area contributed by atoms with E-state index in [9.17, 15) is 14.4 Å². The highest BCUT2D eigenvalue weighted by atomic mass is 16.5. The van der Waals surface area contributed by atoms with Crippen molar-refractivity contribution in [3.05, 3.63) is 58.6 Å². The fraction of sp³-hybridized carbons (Fsp3) is 0.304. The largest absolute Gasteiger partial charge is 0.494 e. The van der Waals surface area contributed by atoms with E-state index in [1.54, 1.807) is 48.4 Å². The minimum atomic E-state index is -0.172. The third-order valence-electron chi connectivity index (χ3n) is 5.31. The van der Waals surface area contributed by atoms with Crippen LogP contribution in [0.15, 0.2) is 47.3 Å². The van der Waals surface area contributed by atoms with E-state index in [0.29, 0.717) is 59.7 Å². The Hall–Kier alpha value is -3.68. The van der Waals surface area contributed by atoms with E-state index < -0.39 is 0 Å². The van der Waals surface area contributed by atoms with Gasteiger partial charge in [-0.25, -0.2) is 4.98 Å². The summed E-state index contributed by atoms with van der Waals surface area (Å²) >= 11 is 0. The number of methoxy groups -OCH3 is 1. The van der Waals surface area contributed by atoms with Crippen molar-refractivity contribution in [1.82, 2.24) is 9.97 Å². The molecular formula is C23H24N4O4. The highest BCUT2D eigenvalue weighted by Gasteiger charge is 2.24. The Morgan fingerprint density at radius 1 is 1.23 bits per heavy atom. The molecule has 1 aromatic heterocycles.